The van der Waals surface area contributed by atoms with Crippen LogP contribution in [0.5, 0.6) is 0 Å². The summed E-state index contributed by atoms with van der Waals surface area (Å²) in [5.41, 5.74) is 0. The van der Waals surface area contributed by atoms with Crippen molar-refractivity contribution in [3.63, 3.8) is 0 Å². The van der Waals surface area contributed by atoms with Crippen LogP contribution in [0.4, 0.5) is 0 Å². The number of amides is 1. The molecule has 7 atom stereocenters. The van der Waals surface area contributed by atoms with Crippen LogP contribution in [-0.4, -0.2) is 75.8 Å². The number of hydrogen-bond acceptors (Lipinski definition) is 7. The maximum Gasteiger partial charge on any atom is 0.220 e. The fraction of sp³-hybridized carbons (Fsp3) is 0.906. The van der Waals surface area contributed by atoms with Crippen molar-refractivity contribution in [2.45, 2.75) is 179 Å². The van der Waals surface area contributed by atoms with Crippen molar-refractivity contribution in [2.24, 2.45) is 0 Å². The highest BCUT2D eigenvalue weighted by Crippen LogP contribution is 2.24. The van der Waals surface area contributed by atoms with Gasteiger partial charge in [0.2, 0.25) is 5.91 Å². The van der Waals surface area contributed by atoms with Gasteiger partial charge < -0.3 is 35.2 Å². The summed E-state index contributed by atoms with van der Waals surface area (Å²) in [6.07, 6.45) is 16.5. The minimum absolute atomic E-state index is 0.106. The molecule has 8 nitrogen and oxygen atoms in total. The number of hydrogen-bond donors (Lipinski definition) is 5. The quantitative estimate of drug-likeness (QED) is 0.0786. The number of rotatable bonds is 24. The van der Waals surface area contributed by atoms with E-state index in [-0.39, 0.29) is 12.5 Å². The lowest BCUT2D eigenvalue weighted by atomic mass is 9.97. The Hall–Kier alpha value is -1.03. The van der Waals surface area contributed by atoms with Gasteiger partial charge in [-0.15, -0.1) is 0 Å². The second kappa shape index (κ2) is 23.5. The predicted molar refractivity (Wildman–Crippen MR) is 160 cm³/mol. The van der Waals surface area contributed by atoms with Gasteiger partial charge >= 0.3 is 0 Å². The van der Waals surface area contributed by atoms with E-state index in [2.05, 4.69) is 19.2 Å². The van der Waals surface area contributed by atoms with E-state index in [9.17, 15) is 25.2 Å². The van der Waals surface area contributed by atoms with Crippen LogP contribution in [0.2, 0.25) is 0 Å². The molecule has 1 aliphatic heterocycles. The van der Waals surface area contributed by atoms with Crippen LogP contribution < -0.4 is 5.32 Å². The van der Waals surface area contributed by atoms with Crippen molar-refractivity contribution in [2.75, 3.05) is 6.61 Å². The molecule has 1 amide bonds. The fourth-order valence-corrected chi connectivity index (χ4v) is 5.10. The van der Waals surface area contributed by atoms with Crippen LogP contribution in [-0.2, 0) is 14.3 Å². The molecule has 0 saturated carbocycles. The van der Waals surface area contributed by atoms with E-state index >= 15 is 0 Å². The van der Waals surface area contributed by atoms with Gasteiger partial charge in [-0.1, -0.05) is 116 Å². The molecule has 0 bridgehead atoms. The summed E-state index contributed by atoms with van der Waals surface area (Å²) in [4.78, 5) is 12.6. The first kappa shape index (κ1) is 37.0. The Balaban J connectivity index is 2.49. The maximum atomic E-state index is 12.6. The van der Waals surface area contributed by atoms with Gasteiger partial charge in [0.05, 0.1) is 24.9 Å². The average molecular weight is 572 g/mol. The zero-order valence-electron chi connectivity index (χ0n) is 25.6. The molecule has 1 saturated heterocycles. The van der Waals surface area contributed by atoms with Gasteiger partial charge in [0, 0.05) is 6.42 Å². The maximum absolute atomic E-state index is 12.6. The number of aliphatic hydroxyl groups excluding tert-OH is 4. The minimum atomic E-state index is -1.43. The largest absolute Gasteiger partial charge is 0.388 e. The second-order valence-corrected chi connectivity index (χ2v) is 11.5. The smallest absolute Gasteiger partial charge is 0.220 e. The van der Waals surface area contributed by atoms with E-state index in [1.807, 2.05) is 6.08 Å². The third-order valence-corrected chi connectivity index (χ3v) is 7.83. The zero-order valence-corrected chi connectivity index (χ0v) is 25.6. The molecule has 1 rings (SSSR count). The Bertz CT molecular complexity index is 645. The summed E-state index contributed by atoms with van der Waals surface area (Å²) in [5, 5.41) is 44.3. The Morgan fingerprint density at radius 3 is 1.93 bits per heavy atom. The van der Waals surface area contributed by atoms with Crippen molar-refractivity contribution < 1.29 is 34.7 Å². The molecule has 0 aromatic rings. The highest BCUT2D eigenvalue weighted by molar-refractivity contribution is 5.76. The standard InChI is InChI=1S/C32H61NO7/c1-4-7-9-11-12-13-14-15-16-17-18-19-20-22-26(34)25(33-28(35)23-21-10-8-5-2)24-39-32-31(38)30(37)29(36)27(6-3)40-32/h20,22,25-27,29-32,34,36-38H,4-19,21,23-24H2,1-3H3,(H,33,35)/b22-20+/t25-,26+,27+,29-,30-,31+,32+/m0/s1. The summed E-state index contributed by atoms with van der Waals surface area (Å²) in [6.45, 7) is 6.07. The van der Waals surface area contributed by atoms with E-state index < -0.39 is 42.9 Å². The topological polar surface area (TPSA) is 128 Å². The van der Waals surface area contributed by atoms with Crippen molar-refractivity contribution in [1.29, 1.82) is 0 Å². The van der Waals surface area contributed by atoms with Crippen LogP contribution in [0.25, 0.3) is 0 Å². The molecule has 0 aromatic heterocycles. The highest BCUT2D eigenvalue weighted by Gasteiger charge is 2.43. The summed E-state index contributed by atoms with van der Waals surface area (Å²) in [6, 6.07) is -0.730. The van der Waals surface area contributed by atoms with Crippen LogP contribution in [0.15, 0.2) is 12.2 Å². The van der Waals surface area contributed by atoms with E-state index in [1.165, 1.54) is 64.2 Å². The Morgan fingerprint density at radius 2 is 1.35 bits per heavy atom. The van der Waals surface area contributed by atoms with Gasteiger partial charge in [0.15, 0.2) is 6.29 Å². The van der Waals surface area contributed by atoms with Crippen molar-refractivity contribution in [3.8, 4) is 0 Å². The number of nitrogens with one attached hydrogen (secondary N) is 1. The monoisotopic (exact) mass is 571 g/mol. The predicted octanol–water partition coefficient (Wildman–Crippen LogP) is 5.29. The van der Waals surface area contributed by atoms with Crippen molar-refractivity contribution >= 4 is 5.91 Å². The van der Waals surface area contributed by atoms with E-state index in [1.54, 1.807) is 13.0 Å². The summed E-state index contributed by atoms with van der Waals surface area (Å²) in [7, 11) is 0. The molecule has 236 valence electrons. The van der Waals surface area contributed by atoms with Crippen molar-refractivity contribution in [1.82, 2.24) is 5.32 Å². The van der Waals surface area contributed by atoms with Crippen LogP contribution in [0.3, 0.4) is 0 Å². The number of ether oxygens (including phenoxy) is 2. The van der Waals surface area contributed by atoms with Crippen LogP contribution in [0.1, 0.15) is 136 Å². The molecule has 8 heteroatoms. The molecular weight excluding hydrogens is 510 g/mol. The van der Waals surface area contributed by atoms with Gasteiger partial charge in [0.1, 0.15) is 18.3 Å². The van der Waals surface area contributed by atoms with Gasteiger partial charge in [-0.3, -0.25) is 4.79 Å². The van der Waals surface area contributed by atoms with Gasteiger partial charge in [-0.2, -0.15) is 0 Å². The highest BCUT2D eigenvalue weighted by atomic mass is 16.7. The molecule has 0 aliphatic carbocycles. The molecule has 0 unspecified atom stereocenters. The molecule has 0 aromatic carbocycles. The Kier molecular flexibility index (Phi) is 21.8. The lowest BCUT2D eigenvalue weighted by Crippen LogP contribution is -2.59. The first-order valence-corrected chi connectivity index (χ1v) is 16.3. The molecule has 1 aliphatic rings. The van der Waals surface area contributed by atoms with E-state index in [4.69, 9.17) is 9.47 Å². The van der Waals surface area contributed by atoms with Gasteiger partial charge in [-0.05, 0) is 25.7 Å². The normalized spacial score (nSPS) is 24.8. The Labute approximate surface area is 243 Å². The number of unbranched alkanes of at least 4 members (excludes halogenated alkanes) is 14. The number of allylic oxidation sites excluding steroid dienone is 1. The third kappa shape index (κ3) is 15.8. The molecule has 40 heavy (non-hydrogen) atoms. The van der Waals surface area contributed by atoms with E-state index in [0.29, 0.717) is 12.8 Å². The first-order valence-electron chi connectivity index (χ1n) is 16.3. The van der Waals surface area contributed by atoms with Crippen LogP contribution >= 0.6 is 0 Å². The number of aliphatic hydroxyl groups is 4. The first-order chi connectivity index (χ1) is 19.3. The SMILES string of the molecule is CCCCCCCCCCCCC/C=C/[C@@H](O)[C@H](CO[C@@H]1O[C@H](CC)[C@H](O)[C@H](O)[C@H]1O)NC(=O)CCCCCC. The third-order valence-electron chi connectivity index (χ3n) is 7.83. The molecule has 5 N–H and O–H groups in total. The second-order valence-electron chi connectivity index (χ2n) is 11.5. The molecule has 1 fully saturated rings. The number of carbonyl (C=O) groups is 1. The Morgan fingerprint density at radius 1 is 0.800 bits per heavy atom. The van der Waals surface area contributed by atoms with E-state index in [0.717, 1.165) is 38.5 Å². The molecule has 0 spiro atoms. The van der Waals surface area contributed by atoms with Gasteiger partial charge in [0.25, 0.3) is 0 Å². The van der Waals surface area contributed by atoms with Crippen LogP contribution in [0, 0.1) is 0 Å². The lowest BCUT2D eigenvalue weighted by molar-refractivity contribution is -0.298. The minimum Gasteiger partial charge on any atom is -0.388 e. The summed E-state index contributed by atoms with van der Waals surface area (Å²) < 4.78 is 11.4. The fourth-order valence-electron chi connectivity index (χ4n) is 5.10. The number of carbonyl (C=O) groups excluding carboxylic acids is 1. The summed E-state index contributed by atoms with van der Waals surface area (Å²) in [5.74, 6) is -0.158. The molecule has 0 radical (unpaired) electrons. The summed E-state index contributed by atoms with van der Waals surface area (Å²) >= 11 is 0. The zero-order chi connectivity index (χ0) is 29.6. The van der Waals surface area contributed by atoms with Gasteiger partial charge in [-0.25, -0.2) is 0 Å². The average Bonchev–Trinajstić information content (AvgIpc) is 2.95. The lowest BCUT2D eigenvalue weighted by Gasteiger charge is -2.40. The van der Waals surface area contributed by atoms with Crippen molar-refractivity contribution in [3.05, 3.63) is 12.2 Å². The molecular formula is C32H61NO7. The molecule has 1 heterocycles.